The summed E-state index contributed by atoms with van der Waals surface area (Å²) >= 11 is 0. The number of aliphatic hydroxyl groups is 2. The van der Waals surface area contributed by atoms with Gasteiger partial charge in [0.2, 0.25) is 0 Å². The van der Waals surface area contributed by atoms with Gasteiger partial charge in [-0.15, -0.1) is 0 Å². The minimum absolute atomic E-state index is 0.347. The van der Waals surface area contributed by atoms with Gasteiger partial charge in [-0.2, -0.15) is 0 Å². The molecule has 0 aliphatic carbocycles. The van der Waals surface area contributed by atoms with Crippen molar-refractivity contribution in [3.05, 3.63) is 65.7 Å². The summed E-state index contributed by atoms with van der Waals surface area (Å²) in [5.74, 6) is 0.724. The summed E-state index contributed by atoms with van der Waals surface area (Å²) in [4.78, 5) is 0. The summed E-state index contributed by atoms with van der Waals surface area (Å²) in [6, 6.07) is 16.7. The Labute approximate surface area is 113 Å². The zero-order valence-electron chi connectivity index (χ0n) is 10.9. The molecule has 3 nitrogen and oxygen atoms in total. The van der Waals surface area contributed by atoms with Gasteiger partial charge in [-0.05, 0) is 17.2 Å². The van der Waals surface area contributed by atoms with Crippen LogP contribution in [-0.2, 0) is 6.42 Å². The second-order valence-electron chi connectivity index (χ2n) is 4.44. The highest BCUT2D eigenvalue weighted by Gasteiger charge is 2.19. The third-order valence-electron chi connectivity index (χ3n) is 3.13. The van der Waals surface area contributed by atoms with E-state index in [9.17, 15) is 10.2 Å². The molecule has 0 aliphatic rings. The molecule has 0 fully saturated rings. The van der Waals surface area contributed by atoms with Crippen molar-refractivity contribution in [3.63, 3.8) is 0 Å². The maximum atomic E-state index is 10.1. The maximum Gasteiger partial charge on any atom is 0.122 e. The molecule has 0 radical (unpaired) electrons. The van der Waals surface area contributed by atoms with Crippen LogP contribution in [-0.4, -0.2) is 23.4 Å². The summed E-state index contributed by atoms with van der Waals surface area (Å²) in [6.45, 7) is 0. The number of ether oxygens (including phenoxy) is 1. The van der Waals surface area contributed by atoms with E-state index in [-0.39, 0.29) is 0 Å². The van der Waals surface area contributed by atoms with Crippen molar-refractivity contribution in [2.75, 3.05) is 7.11 Å². The first-order chi connectivity index (χ1) is 9.22. The molecule has 0 spiro atoms. The highest BCUT2D eigenvalue weighted by atomic mass is 16.5. The lowest BCUT2D eigenvalue weighted by molar-refractivity contribution is 0.0187. The van der Waals surface area contributed by atoms with Crippen LogP contribution in [0.4, 0.5) is 0 Å². The Morgan fingerprint density at radius 3 is 2.26 bits per heavy atom. The summed E-state index contributed by atoms with van der Waals surface area (Å²) in [7, 11) is 1.60. The highest BCUT2D eigenvalue weighted by molar-refractivity contribution is 5.34. The van der Waals surface area contributed by atoms with E-state index < -0.39 is 12.2 Å². The minimum atomic E-state index is -0.897. The molecule has 0 amide bonds. The molecule has 3 heteroatoms. The second-order valence-corrected chi connectivity index (χ2v) is 4.44. The van der Waals surface area contributed by atoms with E-state index in [1.54, 1.807) is 19.2 Å². The fourth-order valence-corrected chi connectivity index (χ4v) is 2.08. The van der Waals surface area contributed by atoms with Gasteiger partial charge in [0, 0.05) is 6.42 Å². The molecule has 2 N–H and O–H groups in total. The lowest BCUT2D eigenvalue weighted by Crippen LogP contribution is -2.21. The Balaban J connectivity index is 2.10. The first-order valence-electron chi connectivity index (χ1n) is 6.25. The van der Waals surface area contributed by atoms with Crippen molar-refractivity contribution in [1.29, 1.82) is 0 Å². The first-order valence-corrected chi connectivity index (χ1v) is 6.25. The number of hydrogen-bond donors (Lipinski definition) is 2. The number of methoxy groups -OCH3 is 1. The molecule has 2 aromatic carbocycles. The highest BCUT2D eigenvalue weighted by Crippen LogP contribution is 2.24. The van der Waals surface area contributed by atoms with Gasteiger partial charge in [0.15, 0.2) is 0 Å². The molecule has 0 saturated carbocycles. The smallest absolute Gasteiger partial charge is 0.122 e. The van der Waals surface area contributed by atoms with Crippen LogP contribution >= 0.6 is 0 Å². The Hall–Kier alpha value is -1.84. The number of benzene rings is 2. The Kier molecular flexibility index (Phi) is 4.55. The number of aliphatic hydroxyl groups excluding tert-OH is 2. The van der Waals surface area contributed by atoms with Crippen LogP contribution in [0.15, 0.2) is 54.6 Å². The largest absolute Gasteiger partial charge is 0.496 e. The maximum absolute atomic E-state index is 10.1. The van der Waals surface area contributed by atoms with Crippen LogP contribution in [0.1, 0.15) is 17.2 Å². The molecule has 2 atom stereocenters. The molecule has 0 saturated heterocycles. The van der Waals surface area contributed by atoms with E-state index in [1.807, 2.05) is 42.5 Å². The van der Waals surface area contributed by atoms with E-state index in [4.69, 9.17) is 4.74 Å². The van der Waals surface area contributed by atoms with Crippen LogP contribution in [0, 0.1) is 0 Å². The van der Waals surface area contributed by atoms with Gasteiger partial charge in [0.05, 0.1) is 13.2 Å². The van der Waals surface area contributed by atoms with Crippen molar-refractivity contribution in [2.45, 2.75) is 18.6 Å². The van der Waals surface area contributed by atoms with Crippen LogP contribution < -0.4 is 4.74 Å². The van der Waals surface area contributed by atoms with E-state index in [1.165, 1.54) is 0 Å². The third kappa shape index (κ3) is 3.34. The van der Waals surface area contributed by atoms with Gasteiger partial charge < -0.3 is 14.9 Å². The minimum Gasteiger partial charge on any atom is -0.496 e. The van der Waals surface area contributed by atoms with Gasteiger partial charge >= 0.3 is 0 Å². The molecule has 19 heavy (non-hydrogen) atoms. The zero-order chi connectivity index (χ0) is 13.7. The van der Waals surface area contributed by atoms with Gasteiger partial charge in [0.1, 0.15) is 11.9 Å². The molecule has 0 heterocycles. The number of para-hydroxylation sites is 1. The van der Waals surface area contributed by atoms with Crippen LogP contribution in [0.3, 0.4) is 0 Å². The van der Waals surface area contributed by atoms with Crippen molar-refractivity contribution < 1.29 is 14.9 Å². The predicted molar refractivity (Wildman–Crippen MR) is 74.1 cm³/mol. The summed E-state index contributed by atoms with van der Waals surface area (Å²) < 4.78 is 5.24. The normalized spacial score (nSPS) is 13.8. The molecule has 0 bridgehead atoms. The SMILES string of the molecule is COc1ccccc1CC(O)C(O)c1ccccc1. The standard InChI is InChI=1S/C16H18O3/c1-19-15-10-6-5-9-13(15)11-14(17)16(18)12-7-3-2-4-8-12/h2-10,14,16-18H,11H2,1H3. The van der Waals surface area contributed by atoms with Crippen LogP contribution in [0.2, 0.25) is 0 Å². The van der Waals surface area contributed by atoms with Gasteiger partial charge in [0.25, 0.3) is 0 Å². The van der Waals surface area contributed by atoms with Crippen molar-refractivity contribution in [2.24, 2.45) is 0 Å². The quantitative estimate of drug-likeness (QED) is 0.865. The second kappa shape index (κ2) is 6.36. The fourth-order valence-electron chi connectivity index (χ4n) is 2.08. The average molecular weight is 258 g/mol. The molecule has 2 unspecified atom stereocenters. The van der Waals surface area contributed by atoms with Crippen LogP contribution in [0.5, 0.6) is 5.75 Å². The van der Waals surface area contributed by atoms with E-state index >= 15 is 0 Å². The lowest BCUT2D eigenvalue weighted by atomic mass is 9.98. The van der Waals surface area contributed by atoms with E-state index in [0.29, 0.717) is 12.0 Å². The molecule has 2 rings (SSSR count). The predicted octanol–water partition coefficient (Wildman–Crippen LogP) is 2.33. The van der Waals surface area contributed by atoms with Gasteiger partial charge in [-0.1, -0.05) is 48.5 Å². The van der Waals surface area contributed by atoms with Gasteiger partial charge in [-0.25, -0.2) is 0 Å². The molecule has 0 aromatic heterocycles. The van der Waals surface area contributed by atoms with Gasteiger partial charge in [-0.3, -0.25) is 0 Å². The molecule has 100 valence electrons. The zero-order valence-corrected chi connectivity index (χ0v) is 10.9. The molecule has 2 aromatic rings. The fraction of sp³-hybridized carbons (Fsp3) is 0.250. The van der Waals surface area contributed by atoms with E-state index in [2.05, 4.69) is 0 Å². The average Bonchev–Trinajstić information content (AvgIpc) is 2.48. The summed E-state index contributed by atoms with van der Waals surface area (Å²) in [5, 5.41) is 20.3. The monoisotopic (exact) mass is 258 g/mol. The van der Waals surface area contributed by atoms with Crippen molar-refractivity contribution in [1.82, 2.24) is 0 Å². The topological polar surface area (TPSA) is 49.7 Å². The number of hydrogen-bond acceptors (Lipinski definition) is 3. The Bertz CT molecular complexity index is 510. The van der Waals surface area contributed by atoms with Crippen LogP contribution in [0.25, 0.3) is 0 Å². The Morgan fingerprint density at radius 1 is 0.947 bits per heavy atom. The molecular formula is C16H18O3. The van der Waals surface area contributed by atoms with E-state index in [0.717, 1.165) is 11.3 Å². The van der Waals surface area contributed by atoms with Crippen molar-refractivity contribution >= 4 is 0 Å². The molecular weight excluding hydrogens is 240 g/mol. The molecule has 0 aliphatic heterocycles. The van der Waals surface area contributed by atoms with Crippen molar-refractivity contribution in [3.8, 4) is 5.75 Å². The lowest BCUT2D eigenvalue weighted by Gasteiger charge is -2.19. The Morgan fingerprint density at radius 2 is 1.58 bits per heavy atom. The number of rotatable bonds is 5. The first kappa shape index (κ1) is 13.6. The summed E-state index contributed by atoms with van der Waals surface area (Å²) in [6.07, 6.45) is -1.41. The third-order valence-corrected chi connectivity index (χ3v) is 3.13. The summed E-state index contributed by atoms with van der Waals surface area (Å²) in [5.41, 5.74) is 1.59.